The highest BCUT2D eigenvalue weighted by Gasteiger charge is 2.52. The molecule has 3 N–H and O–H groups in total. The van der Waals surface area contributed by atoms with Gasteiger partial charge in [-0.15, -0.1) is 0 Å². The van der Waals surface area contributed by atoms with E-state index in [1.165, 1.54) is 19.9 Å². The lowest BCUT2D eigenvalue weighted by atomic mass is 9.73. The number of carboxylic acid groups (broad SMARTS) is 1. The van der Waals surface area contributed by atoms with Gasteiger partial charge in [0.1, 0.15) is 11.0 Å². The lowest BCUT2D eigenvalue weighted by molar-refractivity contribution is -0.159. The normalized spacial score (nSPS) is 26.4. The van der Waals surface area contributed by atoms with Crippen molar-refractivity contribution in [3.8, 4) is 0 Å². The molecule has 0 spiro atoms. The van der Waals surface area contributed by atoms with Crippen LogP contribution in [0.5, 0.6) is 0 Å². The van der Waals surface area contributed by atoms with Crippen LogP contribution in [0.2, 0.25) is 0 Å². The Labute approximate surface area is 118 Å². The average molecular weight is 285 g/mol. The Hall–Kier alpha value is -1.56. The highest BCUT2D eigenvalue weighted by Crippen LogP contribution is 2.42. The van der Waals surface area contributed by atoms with Crippen molar-refractivity contribution < 1.29 is 24.5 Å². The number of hydrogen-bond donors (Lipinski definition) is 3. The van der Waals surface area contributed by atoms with E-state index in [2.05, 4.69) is 5.32 Å². The lowest BCUT2D eigenvalue weighted by Crippen LogP contribution is -2.49. The van der Waals surface area contributed by atoms with Crippen LogP contribution in [0.3, 0.4) is 0 Å². The highest BCUT2D eigenvalue weighted by atomic mass is 16.6. The van der Waals surface area contributed by atoms with E-state index in [0.717, 1.165) is 0 Å². The van der Waals surface area contributed by atoms with E-state index < -0.39 is 34.7 Å². The summed E-state index contributed by atoms with van der Waals surface area (Å²) >= 11 is 0. The Morgan fingerprint density at radius 1 is 1.30 bits per heavy atom. The number of aliphatic hydroxyl groups is 1. The maximum atomic E-state index is 11.7. The van der Waals surface area contributed by atoms with Gasteiger partial charge in [-0.05, 0) is 41.0 Å². The van der Waals surface area contributed by atoms with Crippen molar-refractivity contribution in [2.45, 2.75) is 58.3 Å². The van der Waals surface area contributed by atoms with Crippen LogP contribution in [-0.4, -0.2) is 39.5 Å². The third-order valence-electron chi connectivity index (χ3n) is 3.33. The van der Waals surface area contributed by atoms with Gasteiger partial charge in [-0.3, -0.25) is 4.79 Å². The molecule has 0 heterocycles. The second kappa shape index (κ2) is 5.09. The molecular formula is C14H23NO5. The number of hydrogen-bond acceptors (Lipinski definition) is 4. The molecule has 1 rings (SSSR count). The number of aliphatic carboxylic acids is 1. The summed E-state index contributed by atoms with van der Waals surface area (Å²) in [6.07, 6.45) is 2.50. The fourth-order valence-electron chi connectivity index (χ4n) is 2.20. The van der Waals surface area contributed by atoms with Gasteiger partial charge in [0.25, 0.3) is 0 Å². The molecular weight excluding hydrogens is 262 g/mol. The van der Waals surface area contributed by atoms with Gasteiger partial charge in [-0.25, -0.2) is 4.79 Å². The van der Waals surface area contributed by atoms with E-state index in [-0.39, 0.29) is 6.42 Å². The van der Waals surface area contributed by atoms with Crippen LogP contribution in [0, 0.1) is 5.41 Å². The lowest BCUT2D eigenvalue weighted by Gasteiger charge is -2.35. The zero-order chi connectivity index (χ0) is 15.8. The monoisotopic (exact) mass is 285 g/mol. The van der Waals surface area contributed by atoms with Crippen LogP contribution in [0.15, 0.2) is 12.2 Å². The van der Waals surface area contributed by atoms with E-state index in [1.54, 1.807) is 26.8 Å². The summed E-state index contributed by atoms with van der Waals surface area (Å²) in [4.78, 5) is 23.1. The van der Waals surface area contributed by atoms with Gasteiger partial charge in [0.2, 0.25) is 0 Å². The van der Waals surface area contributed by atoms with Crippen LogP contribution < -0.4 is 5.32 Å². The summed E-state index contributed by atoms with van der Waals surface area (Å²) in [6.45, 7) is 8.13. The Bertz CT molecular complexity index is 430. The quantitative estimate of drug-likeness (QED) is 0.686. The summed E-state index contributed by atoms with van der Waals surface area (Å²) in [5.74, 6) is -1.12. The van der Waals surface area contributed by atoms with Gasteiger partial charge in [-0.2, -0.15) is 0 Å². The molecule has 1 aliphatic rings. The molecule has 0 bridgehead atoms. The highest BCUT2D eigenvalue weighted by molar-refractivity contribution is 5.80. The number of carbonyl (C=O) groups is 2. The van der Waals surface area contributed by atoms with Crippen molar-refractivity contribution in [1.82, 2.24) is 5.32 Å². The number of alkyl carbamates (subject to hydrolysis) is 1. The van der Waals surface area contributed by atoms with Crippen LogP contribution in [0.4, 0.5) is 4.79 Å². The van der Waals surface area contributed by atoms with Crippen LogP contribution >= 0.6 is 0 Å². The SMILES string of the molecule is CC(C)(C)OC(=O)N[C@@H]1C=CC(C(=O)O)(C(C)(C)O)C1. The Morgan fingerprint density at radius 2 is 1.85 bits per heavy atom. The van der Waals surface area contributed by atoms with Crippen LogP contribution in [0.1, 0.15) is 41.0 Å². The predicted octanol–water partition coefficient (Wildman–Crippen LogP) is 1.68. The zero-order valence-corrected chi connectivity index (χ0v) is 12.6. The molecule has 0 aromatic carbocycles. The Kier molecular flexibility index (Phi) is 4.20. The molecule has 0 saturated heterocycles. The number of nitrogens with one attached hydrogen (secondary N) is 1. The van der Waals surface area contributed by atoms with Crippen molar-refractivity contribution in [2.75, 3.05) is 0 Å². The van der Waals surface area contributed by atoms with E-state index in [9.17, 15) is 19.8 Å². The van der Waals surface area contributed by atoms with Gasteiger partial charge in [0.05, 0.1) is 11.6 Å². The molecule has 6 heteroatoms. The molecule has 0 aliphatic heterocycles. The molecule has 0 fully saturated rings. The molecule has 1 unspecified atom stereocenters. The van der Waals surface area contributed by atoms with Crippen molar-refractivity contribution in [2.24, 2.45) is 5.41 Å². The first-order valence-corrected chi connectivity index (χ1v) is 6.52. The smallest absolute Gasteiger partial charge is 0.408 e. The van der Waals surface area contributed by atoms with E-state index in [4.69, 9.17) is 4.74 Å². The first-order chi connectivity index (χ1) is 8.87. The van der Waals surface area contributed by atoms with Crippen LogP contribution in [0.25, 0.3) is 0 Å². The maximum Gasteiger partial charge on any atom is 0.408 e. The van der Waals surface area contributed by atoms with Crippen molar-refractivity contribution >= 4 is 12.1 Å². The van der Waals surface area contributed by atoms with Crippen molar-refractivity contribution in [3.05, 3.63) is 12.2 Å². The molecule has 0 radical (unpaired) electrons. The summed E-state index contributed by atoms with van der Waals surface area (Å²) < 4.78 is 5.12. The summed E-state index contributed by atoms with van der Waals surface area (Å²) in [5.41, 5.74) is -3.46. The Balaban J connectivity index is 2.75. The summed E-state index contributed by atoms with van der Waals surface area (Å²) in [7, 11) is 0. The summed E-state index contributed by atoms with van der Waals surface area (Å²) in [5, 5.41) is 22.1. The molecule has 6 nitrogen and oxygen atoms in total. The topological polar surface area (TPSA) is 95.9 Å². The molecule has 114 valence electrons. The van der Waals surface area contributed by atoms with Crippen molar-refractivity contribution in [1.29, 1.82) is 0 Å². The molecule has 20 heavy (non-hydrogen) atoms. The second-order valence-electron chi connectivity index (χ2n) is 6.65. The number of carboxylic acids is 1. The largest absolute Gasteiger partial charge is 0.481 e. The van der Waals surface area contributed by atoms with Gasteiger partial charge < -0.3 is 20.3 Å². The predicted molar refractivity (Wildman–Crippen MR) is 73.3 cm³/mol. The fourth-order valence-corrected chi connectivity index (χ4v) is 2.20. The third-order valence-corrected chi connectivity index (χ3v) is 3.33. The van der Waals surface area contributed by atoms with Crippen LogP contribution in [-0.2, 0) is 9.53 Å². The number of rotatable bonds is 3. The van der Waals surface area contributed by atoms with Gasteiger partial charge in [-0.1, -0.05) is 12.2 Å². The number of carbonyl (C=O) groups excluding carboxylic acids is 1. The minimum atomic E-state index is -1.43. The third kappa shape index (κ3) is 3.50. The molecule has 1 amide bonds. The molecule has 1 aliphatic carbocycles. The first-order valence-electron chi connectivity index (χ1n) is 6.52. The molecule has 0 aromatic rings. The van der Waals surface area contributed by atoms with Crippen molar-refractivity contribution in [3.63, 3.8) is 0 Å². The zero-order valence-electron chi connectivity index (χ0n) is 12.6. The van der Waals surface area contributed by atoms with Gasteiger partial charge in [0.15, 0.2) is 0 Å². The first kappa shape index (κ1) is 16.5. The molecule has 0 aromatic heterocycles. The fraction of sp³-hybridized carbons (Fsp3) is 0.714. The number of amides is 1. The second-order valence-corrected chi connectivity index (χ2v) is 6.65. The van der Waals surface area contributed by atoms with E-state index in [0.29, 0.717) is 0 Å². The van der Waals surface area contributed by atoms with Gasteiger partial charge >= 0.3 is 12.1 Å². The van der Waals surface area contributed by atoms with Gasteiger partial charge in [0, 0.05) is 0 Å². The van der Waals surface area contributed by atoms with E-state index >= 15 is 0 Å². The minimum absolute atomic E-state index is 0.0884. The minimum Gasteiger partial charge on any atom is -0.481 e. The standard InChI is InChI=1S/C14H23NO5/c1-12(2,3)20-11(18)15-9-6-7-14(8-9,10(16)17)13(4,5)19/h6-7,9,19H,8H2,1-5H3,(H,15,18)(H,16,17)/t9-,14?/m1/s1. The maximum absolute atomic E-state index is 11.7. The molecule has 2 atom stereocenters. The summed E-state index contributed by atoms with van der Waals surface area (Å²) in [6, 6.07) is -0.479. The molecule has 0 saturated carbocycles. The number of ether oxygens (including phenoxy) is 1. The average Bonchev–Trinajstić information content (AvgIpc) is 2.58. The Morgan fingerprint density at radius 3 is 2.20 bits per heavy atom. The van der Waals surface area contributed by atoms with E-state index in [1.807, 2.05) is 0 Å².